The largest absolute Gasteiger partial charge is 0.463 e. The van der Waals surface area contributed by atoms with Crippen molar-refractivity contribution >= 4 is 17.9 Å². The van der Waals surface area contributed by atoms with Gasteiger partial charge in [-0.1, -0.05) is 0 Å². The van der Waals surface area contributed by atoms with E-state index in [-0.39, 0.29) is 48.7 Å². The third-order valence-electron chi connectivity index (χ3n) is 3.95. The van der Waals surface area contributed by atoms with Gasteiger partial charge in [0, 0.05) is 39.5 Å². The molecule has 2 heterocycles. The molecule has 130 valence electrons. The molecule has 2 bridgehead atoms. The Hall–Kier alpha value is -1.63. The first-order valence-electron chi connectivity index (χ1n) is 8.01. The van der Waals surface area contributed by atoms with Crippen LogP contribution in [0.15, 0.2) is 0 Å². The normalized spacial score (nSPS) is 29.2. The molecule has 7 nitrogen and oxygen atoms in total. The Kier molecular flexibility index (Phi) is 5.98. The minimum Gasteiger partial charge on any atom is -0.463 e. The van der Waals surface area contributed by atoms with Crippen molar-refractivity contribution in [2.75, 3.05) is 0 Å². The number of hydrogen-bond donors (Lipinski definition) is 0. The Labute approximate surface area is 135 Å². The van der Waals surface area contributed by atoms with Gasteiger partial charge in [0.05, 0.1) is 18.6 Å². The minimum absolute atomic E-state index is 0.121. The minimum atomic E-state index is -0.402. The molecular formula is C16H24O7. The van der Waals surface area contributed by atoms with Crippen molar-refractivity contribution in [1.29, 1.82) is 0 Å². The summed E-state index contributed by atoms with van der Waals surface area (Å²) in [5.74, 6) is -0.966. The van der Waals surface area contributed by atoms with Gasteiger partial charge in [0.2, 0.25) is 0 Å². The molecule has 0 radical (unpaired) electrons. The first kappa shape index (κ1) is 17.7. The van der Waals surface area contributed by atoms with E-state index in [4.69, 9.17) is 18.9 Å². The van der Waals surface area contributed by atoms with E-state index in [2.05, 4.69) is 0 Å². The maximum Gasteiger partial charge on any atom is 0.308 e. The third kappa shape index (κ3) is 5.82. The summed E-state index contributed by atoms with van der Waals surface area (Å²) in [6.45, 7) is 4.45. The zero-order valence-electron chi connectivity index (χ0n) is 13.8. The summed E-state index contributed by atoms with van der Waals surface area (Å²) >= 11 is 0. The van der Waals surface area contributed by atoms with Crippen molar-refractivity contribution in [3.63, 3.8) is 0 Å². The highest BCUT2D eigenvalue weighted by molar-refractivity contribution is 5.71. The Morgan fingerprint density at radius 3 is 2.48 bits per heavy atom. The second-order valence-corrected chi connectivity index (χ2v) is 6.29. The Morgan fingerprint density at radius 1 is 1.17 bits per heavy atom. The molecule has 0 N–H and O–H groups in total. The molecule has 2 aliphatic rings. The lowest BCUT2D eigenvalue weighted by atomic mass is 9.93. The Morgan fingerprint density at radius 2 is 1.87 bits per heavy atom. The zero-order valence-corrected chi connectivity index (χ0v) is 13.8. The van der Waals surface area contributed by atoms with Gasteiger partial charge in [0.1, 0.15) is 18.3 Å². The van der Waals surface area contributed by atoms with E-state index in [9.17, 15) is 14.4 Å². The van der Waals surface area contributed by atoms with Crippen LogP contribution in [0.1, 0.15) is 52.9 Å². The average molecular weight is 328 g/mol. The van der Waals surface area contributed by atoms with Crippen molar-refractivity contribution in [2.45, 2.75) is 83.4 Å². The highest BCUT2D eigenvalue weighted by Gasteiger charge is 2.38. The highest BCUT2D eigenvalue weighted by atomic mass is 16.6. The molecule has 2 saturated heterocycles. The number of carbonyl (C=O) groups excluding carboxylic acids is 3. The van der Waals surface area contributed by atoms with Crippen LogP contribution in [0.25, 0.3) is 0 Å². The van der Waals surface area contributed by atoms with Gasteiger partial charge in [-0.25, -0.2) is 0 Å². The predicted octanol–water partition coefficient (Wildman–Crippen LogP) is 1.51. The highest BCUT2D eigenvalue weighted by Crippen LogP contribution is 2.31. The van der Waals surface area contributed by atoms with Crippen molar-refractivity contribution in [3.05, 3.63) is 0 Å². The van der Waals surface area contributed by atoms with Crippen LogP contribution in [-0.2, 0) is 33.3 Å². The van der Waals surface area contributed by atoms with E-state index in [0.717, 1.165) is 6.42 Å². The molecule has 2 fully saturated rings. The van der Waals surface area contributed by atoms with Gasteiger partial charge in [-0.05, 0) is 6.92 Å². The lowest BCUT2D eigenvalue weighted by Gasteiger charge is -2.39. The molecule has 0 aromatic carbocycles. The lowest BCUT2D eigenvalue weighted by molar-refractivity contribution is -0.187. The van der Waals surface area contributed by atoms with Crippen molar-refractivity contribution < 1.29 is 33.3 Å². The third-order valence-corrected chi connectivity index (χ3v) is 3.95. The smallest absolute Gasteiger partial charge is 0.308 e. The fraction of sp³-hybridized carbons (Fsp3) is 0.812. The second kappa shape index (κ2) is 7.77. The van der Waals surface area contributed by atoms with Gasteiger partial charge in [0.25, 0.3) is 0 Å². The maximum absolute atomic E-state index is 11.4. The van der Waals surface area contributed by atoms with Gasteiger partial charge in [0.15, 0.2) is 0 Å². The number of ether oxygens (including phenoxy) is 4. The first-order valence-corrected chi connectivity index (χ1v) is 8.01. The van der Waals surface area contributed by atoms with E-state index in [1.54, 1.807) is 6.92 Å². The predicted molar refractivity (Wildman–Crippen MR) is 78.4 cm³/mol. The SMILES string of the molecule is CC(=O)O[C@@H](C[C@H]1C[C@H]2C[C@H](CC(=O)O2)O1)C[C@@H](C)OC(C)=O. The van der Waals surface area contributed by atoms with Crippen LogP contribution in [0.4, 0.5) is 0 Å². The lowest BCUT2D eigenvalue weighted by Crippen LogP contribution is -2.45. The van der Waals surface area contributed by atoms with Gasteiger partial charge in [-0.3, -0.25) is 14.4 Å². The molecule has 2 aliphatic heterocycles. The topological polar surface area (TPSA) is 88.1 Å². The number of hydrogen-bond acceptors (Lipinski definition) is 7. The summed E-state index contributed by atoms with van der Waals surface area (Å²) in [6, 6.07) is 0. The molecule has 2 rings (SSSR count). The quantitative estimate of drug-likeness (QED) is 0.539. The average Bonchev–Trinajstić information content (AvgIpc) is 2.34. The number of rotatable bonds is 6. The van der Waals surface area contributed by atoms with Crippen LogP contribution >= 0.6 is 0 Å². The number of esters is 3. The summed E-state index contributed by atoms with van der Waals surface area (Å²) in [5, 5.41) is 0. The number of carbonyl (C=O) groups is 3. The summed E-state index contributed by atoms with van der Waals surface area (Å²) in [7, 11) is 0. The van der Waals surface area contributed by atoms with Gasteiger partial charge in [-0.15, -0.1) is 0 Å². The monoisotopic (exact) mass is 328 g/mol. The van der Waals surface area contributed by atoms with E-state index in [0.29, 0.717) is 19.3 Å². The molecule has 0 aromatic heterocycles. The van der Waals surface area contributed by atoms with E-state index in [1.807, 2.05) is 0 Å². The molecule has 0 spiro atoms. The fourth-order valence-corrected chi connectivity index (χ4v) is 3.29. The fourth-order valence-electron chi connectivity index (χ4n) is 3.29. The van der Waals surface area contributed by atoms with Crippen molar-refractivity contribution in [1.82, 2.24) is 0 Å². The summed E-state index contributed by atoms with van der Waals surface area (Å²) in [6.07, 6.45) is 1.37. The molecule has 0 aromatic rings. The molecular weight excluding hydrogens is 304 g/mol. The Bertz CT molecular complexity index is 445. The number of fused-ring (bicyclic) bond motifs is 2. The molecule has 0 aliphatic carbocycles. The second-order valence-electron chi connectivity index (χ2n) is 6.29. The zero-order chi connectivity index (χ0) is 17.0. The maximum atomic E-state index is 11.4. The molecule has 0 unspecified atom stereocenters. The molecule has 5 atom stereocenters. The molecule has 7 heteroatoms. The standard InChI is InChI=1S/C16H24O7/c1-9(20-10(2)17)4-12(21-11(3)18)5-13-6-14-7-15(22-13)8-16(19)23-14/h9,12-15H,4-8H2,1-3H3/t9-,12-,13+,14+,15-/m1/s1. The Balaban J connectivity index is 1.90. The van der Waals surface area contributed by atoms with Crippen molar-refractivity contribution in [3.8, 4) is 0 Å². The van der Waals surface area contributed by atoms with Crippen LogP contribution in [0.5, 0.6) is 0 Å². The van der Waals surface area contributed by atoms with Crippen LogP contribution in [-0.4, -0.2) is 48.4 Å². The van der Waals surface area contributed by atoms with Gasteiger partial charge < -0.3 is 18.9 Å². The molecule has 0 amide bonds. The summed E-state index contributed by atoms with van der Waals surface area (Å²) in [5.41, 5.74) is 0. The van der Waals surface area contributed by atoms with Crippen LogP contribution in [0, 0.1) is 0 Å². The molecule has 23 heavy (non-hydrogen) atoms. The van der Waals surface area contributed by atoms with Crippen LogP contribution < -0.4 is 0 Å². The van der Waals surface area contributed by atoms with Gasteiger partial charge in [-0.2, -0.15) is 0 Å². The molecule has 0 saturated carbocycles. The van der Waals surface area contributed by atoms with Crippen LogP contribution in [0.3, 0.4) is 0 Å². The van der Waals surface area contributed by atoms with E-state index >= 15 is 0 Å². The van der Waals surface area contributed by atoms with E-state index in [1.165, 1.54) is 13.8 Å². The summed E-state index contributed by atoms with van der Waals surface area (Å²) in [4.78, 5) is 33.7. The van der Waals surface area contributed by atoms with Crippen molar-refractivity contribution in [2.24, 2.45) is 0 Å². The van der Waals surface area contributed by atoms with E-state index < -0.39 is 6.10 Å². The summed E-state index contributed by atoms with van der Waals surface area (Å²) < 4.78 is 21.6. The van der Waals surface area contributed by atoms with Crippen LogP contribution in [0.2, 0.25) is 0 Å². The van der Waals surface area contributed by atoms with Gasteiger partial charge >= 0.3 is 17.9 Å². The first-order chi connectivity index (χ1) is 10.8.